The Bertz CT molecular complexity index is 918. The van der Waals surface area contributed by atoms with Crippen LogP contribution in [0.5, 0.6) is 0 Å². The van der Waals surface area contributed by atoms with Gasteiger partial charge in [-0.05, 0) is 23.1 Å². The largest absolute Gasteiger partial charge is 0.394 e. The van der Waals surface area contributed by atoms with Gasteiger partial charge in [-0.3, -0.25) is 0 Å². The van der Waals surface area contributed by atoms with Crippen LogP contribution < -0.4 is 0 Å². The van der Waals surface area contributed by atoms with Gasteiger partial charge in [-0.25, -0.2) is 4.68 Å². The van der Waals surface area contributed by atoms with E-state index in [9.17, 15) is 15.3 Å². The highest BCUT2D eigenvalue weighted by Crippen LogP contribution is 2.34. The predicted octanol–water partition coefficient (Wildman–Crippen LogP) is 1.44. The Kier molecular flexibility index (Phi) is 5.16. The molecule has 0 spiro atoms. The predicted molar refractivity (Wildman–Crippen MR) is 103 cm³/mol. The molecule has 2 aromatic carbocycles. The number of benzene rings is 2. The van der Waals surface area contributed by atoms with Crippen LogP contribution in [-0.2, 0) is 4.74 Å². The molecule has 0 amide bonds. The highest BCUT2D eigenvalue weighted by molar-refractivity contribution is 7.99. The second-order valence-electron chi connectivity index (χ2n) is 6.58. The first-order chi connectivity index (χ1) is 13.1. The fourth-order valence-corrected chi connectivity index (χ4v) is 4.17. The summed E-state index contributed by atoms with van der Waals surface area (Å²) < 4.78 is 7.02. The molecular weight excluding hydrogens is 366 g/mol. The van der Waals surface area contributed by atoms with Crippen molar-refractivity contribution in [3.8, 4) is 11.3 Å². The molecule has 8 heteroatoms. The van der Waals surface area contributed by atoms with Crippen molar-refractivity contribution in [1.82, 2.24) is 15.0 Å². The number of aliphatic hydroxyl groups excluding tert-OH is 3. The summed E-state index contributed by atoms with van der Waals surface area (Å²) in [6.07, 6.45) is 0.643. The zero-order chi connectivity index (χ0) is 19.0. The van der Waals surface area contributed by atoms with Crippen LogP contribution in [0.2, 0.25) is 0 Å². The molecule has 5 atom stereocenters. The molecule has 0 radical (unpaired) electrons. The average Bonchev–Trinajstić information content (AvgIpc) is 3.18. The molecule has 142 valence electrons. The van der Waals surface area contributed by atoms with E-state index in [2.05, 4.69) is 10.3 Å². The Morgan fingerprint density at radius 2 is 1.89 bits per heavy atom. The Hall–Kier alpha value is -1.97. The zero-order valence-electron chi connectivity index (χ0n) is 14.7. The van der Waals surface area contributed by atoms with Gasteiger partial charge in [0, 0.05) is 5.56 Å². The van der Waals surface area contributed by atoms with Crippen molar-refractivity contribution < 1.29 is 20.1 Å². The van der Waals surface area contributed by atoms with E-state index in [-0.39, 0.29) is 6.61 Å². The Morgan fingerprint density at radius 3 is 2.63 bits per heavy atom. The molecule has 27 heavy (non-hydrogen) atoms. The van der Waals surface area contributed by atoms with Gasteiger partial charge in [-0.15, -0.1) is 16.9 Å². The van der Waals surface area contributed by atoms with Crippen LogP contribution in [0.25, 0.3) is 22.0 Å². The highest BCUT2D eigenvalue weighted by atomic mass is 32.2. The maximum Gasteiger partial charge on any atom is 0.131 e. The van der Waals surface area contributed by atoms with Crippen molar-refractivity contribution in [2.75, 3.05) is 12.9 Å². The van der Waals surface area contributed by atoms with Crippen LogP contribution in [0.4, 0.5) is 0 Å². The second-order valence-corrected chi connectivity index (χ2v) is 7.51. The number of ether oxygens (including phenoxy) is 1. The third-order valence-electron chi connectivity index (χ3n) is 4.94. The summed E-state index contributed by atoms with van der Waals surface area (Å²) in [6.45, 7) is -0.340. The molecule has 4 rings (SSSR count). The SMILES string of the molecule is CS[C@@H]1O[C@H](CO)[C@H](O)[C@H](n2cc(-c3ccc4ccccc4c3)nn2)[C@H]1O. The minimum Gasteiger partial charge on any atom is -0.394 e. The first-order valence-electron chi connectivity index (χ1n) is 8.68. The van der Waals surface area contributed by atoms with E-state index in [4.69, 9.17) is 4.74 Å². The summed E-state index contributed by atoms with van der Waals surface area (Å²) in [5.41, 5.74) is 0.980. The van der Waals surface area contributed by atoms with E-state index in [0.29, 0.717) is 5.69 Å². The fourth-order valence-electron chi connectivity index (χ4n) is 3.48. The van der Waals surface area contributed by atoms with Gasteiger partial charge in [0.05, 0.1) is 12.8 Å². The Balaban J connectivity index is 1.67. The van der Waals surface area contributed by atoms with E-state index in [1.165, 1.54) is 16.4 Å². The van der Waals surface area contributed by atoms with Crippen LogP contribution in [0.1, 0.15) is 6.04 Å². The number of thioether (sulfide) groups is 1. The van der Waals surface area contributed by atoms with E-state index in [1.54, 1.807) is 12.5 Å². The summed E-state index contributed by atoms with van der Waals surface area (Å²) in [6, 6.07) is 13.3. The number of hydrogen-bond acceptors (Lipinski definition) is 7. The third-order valence-corrected chi connectivity index (χ3v) is 5.80. The molecule has 1 aromatic heterocycles. The number of rotatable bonds is 4. The Morgan fingerprint density at radius 1 is 1.11 bits per heavy atom. The van der Waals surface area contributed by atoms with Gasteiger partial charge in [-0.2, -0.15) is 0 Å². The molecule has 1 aliphatic rings. The number of nitrogens with zero attached hydrogens (tertiary/aromatic N) is 3. The lowest BCUT2D eigenvalue weighted by Crippen LogP contribution is -2.54. The molecule has 0 unspecified atom stereocenters. The first kappa shape index (κ1) is 18.4. The minimum absolute atomic E-state index is 0.340. The standard InChI is InChI=1S/C19H21N3O4S/c1-27-19-18(25)16(17(24)15(10-23)26-19)22-9-14(20-21-22)13-7-6-11-4-2-3-5-12(11)8-13/h2-9,15-19,23-25H,10H2,1H3/t15-,16+,17+,18-,19+/m1/s1. The van der Waals surface area contributed by atoms with Crippen LogP contribution >= 0.6 is 11.8 Å². The van der Waals surface area contributed by atoms with Gasteiger partial charge in [0.2, 0.25) is 0 Å². The van der Waals surface area contributed by atoms with Crippen molar-refractivity contribution in [2.45, 2.75) is 29.8 Å². The molecule has 0 saturated carbocycles. The van der Waals surface area contributed by atoms with Crippen molar-refractivity contribution in [3.63, 3.8) is 0 Å². The molecule has 3 aromatic rings. The molecule has 0 bridgehead atoms. The summed E-state index contributed by atoms with van der Waals surface area (Å²) in [5.74, 6) is 0. The van der Waals surface area contributed by atoms with E-state index >= 15 is 0 Å². The quantitative estimate of drug-likeness (QED) is 0.623. The lowest BCUT2D eigenvalue weighted by Gasteiger charge is -2.41. The van der Waals surface area contributed by atoms with E-state index in [1.807, 2.05) is 42.5 Å². The van der Waals surface area contributed by atoms with Gasteiger partial charge in [0.1, 0.15) is 35.5 Å². The minimum atomic E-state index is -1.10. The van der Waals surface area contributed by atoms with Crippen molar-refractivity contribution in [1.29, 1.82) is 0 Å². The first-order valence-corrected chi connectivity index (χ1v) is 9.97. The normalized spacial score (nSPS) is 28.5. The number of aromatic nitrogens is 3. The lowest BCUT2D eigenvalue weighted by molar-refractivity contribution is -0.178. The highest BCUT2D eigenvalue weighted by Gasteiger charge is 2.45. The smallest absolute Gasteiger partial charge is 0.131 e. The zero-order valence-corrected chi connectivity index (χ0v) is 15.5. The van der Waals surface area contributed by atoms with Gasteiger partial charge in [0.15, 0.2) is 0 Å². The molecule has 0 aliphatic carbocycles. The monoisotopic (exact) mass is 387 g/mol. The number of hydrogen-bond donors (Lipinski definition) is 3. The molecule has 1 saturated heterocycles. The third kappa shape index (κ3) is 3.35. The van der Waals surface area contributed by atoms with Gasteiger partial charge < -0.3 is 20.1 Å². The fraction of sp³-hybridized carbons (Fsp3) is 0.368. The summed E-state index contributed by atoms with van der Waals surface area (Å²) in [4.78, 5) is 0. The molecule has 1 aliphatic heterocycles. The molecule has 7 nitrogen and oxygen atoms in total. The van der Waals surface area contributed by atoms with Crippen LogP contribution in [0.3, 0.4) is 0 Å². The number of aliphatic hydroxyl groups is 3. The molecule has 2 heterocycles. The van der Waals surface area contributed by atoms with Crippen LogP contribution in [0, 0.1) is 0 Å². The topological polar surface area (TPSA) is 101 Å². The molecule has 1 fully saturated rings. The van der Waals surface area contributed by atoms with E-state index in [0.717, 1.165) is 16.3 Å². The number of fused-ring (bicyclic) bond motifs is 1. The molecule has 3 N–H and O–H groups in total. The van der Waals surface area contributed by atoms with Crippen molar-refractivity contribution >= 4 is 22.5 Å². The second kappa shape index (κ2) is 7.57. The molecular formula is C19H21N3O4S. The summed E-state index contributed by atoms with van der Waals surface area (Å²) >= 11 is 1.32. The van der Waals surface area contributed by atoms with Gasteiger partial charge >= 0.3 is 0 Å². The maximum atomic E-state index is 10.6. The van der Waals surface area contributed by atoms with Crippen LogP contribution in [0.15, 0.2) is 48.7 Å². The van der Waals surface area contributed by atoms with Gasteiger partial charge in [0.25, 0.3) is 0 Å². The lowest BCUT2D eigenvalue weighted by atomic mass is 9.97. The average molecular weight is 387 g/mol. The summed E-state index contributed by atoms with van der Waals surface area (Å²) in [5, 5.41) is 41.2. The maximum absolute atomic E-state index is 10.6. The van der Waals surface area contributed by atoms with E-state index < -0.39 is 29.8 Å². The Labute approximate surface area is 160 Å². The van der Waals surface area contributed by atoms with Gasteiger partial charge in [-0.1, -0.05) is 41.6 Å². The van der Waals surface area contributed by atoms with Crippen molar-refractivity contribution in [2.24, 2.45) is 0 Å². The van der Waals surface area contributed by atoms with Crippen LogP contribution in [-0.4, -0.2) is 66.9 Å². The summed E-state index contributed by atoms with van der Waals surface area (Å²) in [7, 11) is 0. The van der Waals surface area contributed by atoms with Crippen molar-refractivity contribution in [3.05, 3.63) is 48.7 Å².